The van der Waals surface area contributed by atoms with Gasteiger partial charge in [0.2, 0.25) is 0 Å². The normalized spacial score (nSPS) is 15.1. The molecule has 0 aromatic rings. The Kier molecular flexibility index (Phi) is 12.9. The van der Waals surface area contributed by atoms with E-state index >= 15 is 0 Å². The maximum atomic E-state index is 9.54. The zero-order chi connectivity index (χ0) is 13.6. The van der Waals surface area contributed by atoms with Gasteiger partial charge in [0.05, 0.1) is 6.10 Å². The van der Waals surface area contributed by atoms with E-state index in [4.69, 9.17) is 5.73 Å². The fourth-order valence-electron chi connectivity index (χ4n) is 1.97. The summed E-state index contributed by atoms with van der Waals surface area (Å²) in [5.41, 5.74) is 5.61. The van der Waals surface area contributed by atoms with E-state index in [9.17, 15) is 5.11 Å². The number of rotatable bonds is 12. The molecule has 0 heterocycles. The highest BCUT2D eigenvalue weighted by molar-refractivity contribution is 4.81. The summed E-state index contributed by atoms with van der Waals surface area (Å²) < 4.78 is 0. The molecule has 2 unspecified atom stereocenters. The van der Waals surface area contributed by atoms with Gasteiger partial charge in [-0.05, 0) is 32.6 Å². The Hall–Kier alpha value is -0.340. The van der Waals surface area contributed by atoms with Crippen molar-refractivity contribution in [2.24, 2.45) is 5.73 Å². The van der Waals surface area contributed by atoms with Crippen LogP contribution in [0, 0.1) is 0 Å². The number of hydrogen-bond donors (Lipinski definition) is 2. The number of allylic oxidation sites excluding steroid dienone is 2. The van der Waals surface area contributed by atoms with Gasteiger partial charge in [0, 0.05) is 6.04 Å². The molecule has 3 N–H and O–H groups in total. The number of aliphatic hydroxyl groups is 1. The lowest BCUT2D eigenvalue weighted by atomic mass is 10.0. The molecule has 0 aliphatic rings. The predicted molar refractivity (Wildman–Crippen MR) is 80.6 cm³/mol. The summed E-state index contributed by atoms with van der Waals surface area (Å²) in [6, 6.07) is -0.0849. The van der Waals surface area contributed by atoms with Gasteiger partial charge in [0.25, 0.3) is 0 Å². The topological polar surface area (TPSA) is 46.2 Å². The third kappa shape index (κ3) is 12.1. The molecule has 0 aliphatic carbocycles. The number of aliphatic hydroxyl groups excluding tert-OH is 1. The summed E-state index contributed by atoms with van der Waals surface area (Å²) in [6.45, 7) is 4.10. The Balaban J connectivity index is 3.14. The second-order valence-electron chi connectivity index (χ2n) is 5.39. The van der Waals surface area contributed by atoms with Gasteiger partial charge in [-0.15, -0.1) is 0 Å². The lowest BCUT2D eigenvalue weighted by molar-refractivity contribution is 0.138. The number of unbranched alkanes of at least 4 members (excludes halogenated alkanes) is 7. The van der Waals surface area contributed by atoms with Crippen molar-refractivity contribution in [2.75, 3.05) is 0 Å². The summed E-state index contributed by atoms with van der Waals surface area (Å²) in [5.74, 6) is 0. The van der Waals surface area contributed by atoms with E-state index in [0.717, 1.165) is 12.8 Å². The van der Waals surface area contributed by atoms with E-state index < -0.39 is 0 Å². The quantitative estimate of drug-likeness (QED) is 0.406. The number of hydrogen-bond acceptors (Lipinski definition) is 2. The molecule has 0 aliphatic heterocycles. The first-order valence-corrected chi connectivity index (χ1v) is 7.77. The molecular weight excluding hydrogens is 222 g/mol. The Morgan fingerprint density at radius 1 is 0.944 bits per heavy atom. The molecule has 0 aromatic heterocycles. The molecule has 0 saturated heterocycles. The zero-order valence-corrected chi connectivity index (χ0v) is 12.4. The van der Waals surface area contributed by atoms with Crippen LogP contribution < -0.4 is 5.73 Å². The average molecular weight is 255 g/mol. The Labute approximate surface area is 114 Å². The van der Waals surface area contributed by atoms with Crippen LogP contribution in [0.25, 0.3) is 0 Å². The van der Waals surface area contributed by atoms with Crippen molar-refractivity contribution in [1.82, 2.24) is 0 Å². The molecule has 0 radical (unpaired) electrons. The Morgan fingerprint density at radius 3 is 2.11 bits per heavy atom. The summed E-state index contributed by atoms with van der Waals surface area (Å²) >= 11 is 0. The lowest BCUT2D eigenvalue weighted by Gasteiger charge is -2.13. The largest absolute Gasteiger partial charge is 0.392 e. The standard InChI is InChI=1S/C16H33NO/c1-3-4-5-6-7-8-9-10-11-12-13-14-16(18)15(2)17/h6-7,15-16,18H,3-5,8-14,17H2,1-2H3/b7-6+. The fourth-order valence-corrected chi connectivity index (χ4v) is 1.97. The van der Waals surface area contributed by atoms with Crippen molar-refractivity contribution in [3.8, 4) is 0 Å². The molecule has 108 valence electrons. The molecule has 0 fully saturated rings. The minimum Gasteiger partial charge on any atom is -0.392 e. The van der Waals surface area contributed by atoms with Crippen LogP contribution in [-0.2, 0) is 0 Å². The summed E-state index contributed by atoms with van der Waals surface area (Å²) in [6.07, 6.45) is 16.5. The average Bonchev–Trinajstić information content (AvgIpc) is 2.35. The first-order chi connectivity index (χ1) is 8.68. The van der Waals surface area contributed by atoms with Gasteiger partial charge in [-0.1, -0.05) is 57.6 Å². The number of nitrogens with two attached hydrogens (primary N) is 1. The van der Waals surface area contributed by atoms with Crippen molar-refractivity contribution in [3.63, 3.8) is 0 Å². The van der Waals surface area contributed by atoms with Crippen LogP contribution in [0.3, 0.4) is 0 Å². The van der Waals surface area contributed by atoms with Crippen LogP contribution in [-0.4, -0.2) is 17.3 Å². The fraction of sp³-hybridized carbons (Fsp3) is 0.875. The van der Waals surface area contributed by atoms with E-state index in [0.29, 0.717) is 0 Å². The van der Waals surface area contributed by atoms with Crippen LogP contribution in [0.2, 0.25) is 0 Å². The minimum atomic E-state index is -0.313. The second kappa shape index (κ2) is 13.1. The minimum absolute atomic E-state index is 0.0849. The van der Waals surface area contributed by atoms with Crippen LogP contribution >= 0.6 is 0 Å². The van der Waals surface area contributed by atoms with Crippen LogP contribution in [0.5, 0.6) is 0 Å². The predicted octanol–water partition coefficient (Wildman–Crippen LogP) is 4.17. The Bertz CT molecular complexity index is 190. The van der Waals surface area contributed by atoms with Crippen molar-refractivity contribution in [2.45, 2.75) is 90.2 Å². The molecule has 0 spiro atoms. The van der Waals surface area contributed by atoms with Gasteiger partial charge < -0.3 is 10.8 Å². The highest BCUT2D eigenvalue weighted by atomic mass is 16.3. The molecule has 0 amide bonds. The molecule has 0 aromatic carbocycles. The van der Waals surface area contributed by atoms with Gasteiger partial charge in [-0.25, -0.2) is 0 Å². The van der Waals surface area contributed by atoms with Crippen LogP contribution in [0.15, 0.2) is 12.2 Å². The molecule has 2 atom stereocenters. The highest BCUT2D eigenvalue weighted by Crippen LogP contribution is 2.10. The lowest BCUT2D eigenvalue weighted by Crippen LogP contribution is -2.31. The van der Waals surface area contributed by atoms with E-state index in [-0.39, 0.29) is 12.1 Å². The molecule has 0 saturated carbocycles. The first-order valence-electron chi connectivity index (χ1n) is 7.77. The van der Waals surface area contributed by atoms with E-state index in [2.05, 4.69) is 19.1 Å². The van der Waals surface area contributed by atoms with Gasteiger partial charge in [-0.2, -0.15) is 0 Å². The van der Waals surface area contributed by atoms with Crippen LogP contribution in [0.4, 0.5) is 0 Å². The Morgan fingerprint density at radius 2 is 1.50 bits per heavy atom. The smallest absolute Gasteiger partial charge is 0.0688 e. The second-order valence-corrected chi connectivity index (χ2v) is 5.39. The van der Waals surface area contributed by atoms with E-state index in [1.165, 1.54) is 51.4 Å². The maximum Gasteiger partial charge on any atom is 0.0688 e. The molecule has 0 rings (SSSR count). The van der Waals surface area contributed by atoms with Gasteiger partial charge in [-0.3, -0.25) is 0 Å². The van der Waals surface area contributed by atoms with E-state index in [1.54, 1.807) is 0 Å². The molecule has 0 bridgehead atoms. The van der Waals surface area contributed by atoms with Crippen molar-refractivity contribution in [3.05, 3.63) is 12.2 Å². The third-order valence-corrected chi connectivity index (χ3v) is 3.37. The molecule has 2 heteroatoms. The highest BCUT2D eigenvalue weighted by Gasteiger charge is 2.07. The van der Waals surface area contributed by atoms with Crippen molar-refractivity contribution >= 4 is 0 Å². The zero-order valence-electron chi connectivity index (χ0n) is 12.4. The van der Waals surface area contributed by atoms with Crippen molar-refractivity contribution < 1.29 is 5.11 Å². The van der Waals surface area contributed by atoms with E-state index in [1.807, 2.05) is 6.92 Å². The monoisotopic (exact) mass is 255 g/mol. The third-order valence-electron chi connectivity index (χ3n) is 3.37. The van der Waals surface area contributed by atoms with Gasteiger partial charge in [0.15, 0.2) is 0 Å². The molecule has 2 nitrogen and oxygen atoms in total. The SMILES string of the molecule is CCCC/C=C/CCCCCCCC(O)C(C)N. The first kappa shape index (κ1) is 17.7. The summed E-state index contributed by atoms with van der Waals surface area (Å²) in [7, 11) is 0. The molecule has 18 heavy (non-hydrogen) atoms. The molecular formula is C16H33NO. The van der Waals surface area contributed by atoms with Gasteiger partial charge in [0.1, 0.15) is 0 Å². The van der Waals surface area contributed by atoms with Crippen LogP contribution in [0.1, 0.15) is 78.1 Å². The summed E-state index contributed by atoms with van der Waals surface area (Å²) in [4.78, 5) is 0. The van der Waals surface area contributed by atoms with Crippen molar-refractivity contribution in [1.29, 1.82) is 0 Å². The summed E-state index contributed by atoms with van der Waals surface area (Å²) in [5, 5.41) is 9.54. The van der Waals surface area contributed by atoms with Gasteiger partial charge >= 0.3 is 0 Å². The maximum absolute atomic E-state index is 9.54.